The van der Waals surface area contributed by atoms with Crippen molar-refractivity contribution in [2.45, 2.75) is 58.0 Å². The number of ether oxygens (including phenoxy) is 1. The third-order valence-electron chi connectivity index (χ3n) is 4.07. The minimum atomic E-state index is -0.820. The highest BCUT2D eigenvalue weighted by atomic mass is 16.5. The second kappa shape index (κ2) is 8.74. The molecule has 1 unspecified atom stereocenters. The molecule has 0 radical (unpaired) electrons. The van der Waals surface area contributed by atoms with E-state index in [4.69, 9.17) is 4.74 Å². The van der Waals surface area contributed by atoms with Crippen LogP contribution in [0.25, 0.3) is 5.57 Å². The molecule has 0 spiro atoms. The first-order valence-corrected chi connectivity index (χ1v) is 8.36. The molecule has 1 N–H and O–H groups in total. The maximum atomic E-state index is 11.5. The Morgan fingerprint density at radius 1 is 1.14 bits per heavy atom. The molecule has 0 fully saturated rings. The van der Waals surface area contributed by atoms with E-state index in [1.54, 1.807) is 6.08 Å². The topological polar surface area (TPSA) is 46.5 Å². The van der Waals surface area contributed by atoms with Gasteiger partial charge in [-0.3, -0.25) is 4.79 Å². The number of ketones is 1. The number of carbonyl (C=O) groups is 1. The van der Waals surface area contributed by atoms with E-state index in [0.29, 0.717) is 6.42 Å². The van der Waals surface area contributed by atoms with E-state index in [-0.39, 0.29) is 5.78 Å². The Hall–Kier alpha value is -1.61. The van der Waals surface area contributed by atoms with Gasteiger partial charge >= 0.3 is 0 Å². The maximum absolute atomic E-state index is 11.5. The lowest BCUT2D eigenvalue weighted by molar-refractivity contribution is -0.122. The summed E-state index contributed by atoms with van der Waals surface area (Å²) in [5, 5.41) is 9.45. The minimum Gasteiger partial charge on any atom is -0.494 e. The molecule has 1 aromatic rings. The van der Waals surface area contributed by atoms with Crippen LogP contribution in [0, 0.1) is 0 Å². The normalized spacial score (nSPS) is 18.2. The summed E-state index contributed by atoms with van der Waals surface area (Å²) in [4.78, 5) is 11.5. The van der Waals surface area contributed by atoms with Crippen LogP contribution in [0.15, 0.2) is 30.3 Å². The van der Waals surface area contributed by atoms with Gasteiger partial charge in [-0.25, -0.2) is 0 Å². The van der Waals surface area contributed by atoms with Crippen molar-refractivity contribution in [3.63, 3.8) is 0 Å². The van der Waals surface area contributed by atoms with Crippen LogP contribution in [0.4, 0.5) is 0 Å². The SMILES string of the molecule is CCCCCCCOc1ccc(C2=CC(=O)C(O)CC2)cc1. The van der Waals surface area contributed by atoms with Crippen molar-refractivity contribution in [2.75, 3.05) is 6.61 Å². The van der Waals surface area contributed by atoms with Crippen molar-refractivity contribution in [3.05, 3.63) is 35.9 Å². The second-order valence-electron chi connectivity index (χ2n) is 5.91. The number of aliphatic hydroxyl groups is 1. The van der Waals surface area contributed by atoms with Crippen molar-refractivity contribution < 1.29 is 14.6 Å². The number of unbranched alkanes of at least 4 members (excludes halogenated alkanes) is 4. The first-order chi connectivity index (χ1) is 10.7. The summed E-state index contributed by atoms with van der Waals surface area (Å²) in [7, 11) is 0. The van der Waals surface area contributed by atoms with Gasteiger partial charge in [-0.05, 0) is 48.6 Å². The molecule has 3 heteroatoms. The molecule has 1 atom stereocenters. The van der Waals surface area contributed by atoms with Crippen LogP contribution >= 0.6 is 0 Å². The number of rotatable bonds is 8. The van der Waals surface area contributed by atoms with Crippen LogP contribution in [0.2, 0.25) is 0 Å². The Balaban J connectivity index is 1.81. The predicted octanol–water partition coefficient (Wildman–Crippen LogP) is 4.14. The Labute approximate surface area is 133 Å². The van der Waals surface area contributed by atoms with Gasteiger partial charge < -0.3 is 9.84 Å². The number of aliphatic hydroxyl groups excluding tert-OH is 1. The molecule has 1 aliphatic rings. The third kappa shape index (κ3) is 4.99. The summed E-state index contributed by atoms with van der Waals surface area (Å²) >= 11 is 0. The Morgan fingerprint density at radius 2 is 1.86 bits per heavy atom. The zero-order chi connectivity index (χ0) is 15.8. The number of allylic oxidation sites excluding steroid dienone is 1. The molecule has 0 heterocycles. The van der Waals surface area contributed by atoms with Gasteiger partial charge in [0.2, 0.25) is 0 Å². The lowest BCUT2D eigenvalue weighted by atomic mass is 9.91. The minimum absolute atomic E-state index is 0.186. The predicted molar refractivity (Wildman–Crippen MR) is 88.9 cm³/mol. The van der Waals surface area contributed by atoms with Crippen LogP contribution in [0.5, 0.6) is 5.75 Å². The Bertz CT molecular complexity index is 502. The van der Waals surface area contributed by atoms with Crippen LogP contribution in [-0.2, 0) is 4.79 Å². The molecule has 0 saturated heterocycles. The van der Waals surface area contributed by atoms with Gasteiger partial charge in [0.05, 0.1) is 6.61 Å². The summed E-state index contributed by atoms with van der Waals surface area (Å²) in [6, 6.07) is 7.89. The lowest BCUT2D eigenvalue weighted by Crippen LogP contribution is -2.21. The van der Waals surface area contributed by atoms with Crippen molar-refractivity contribution >= 4 is 11.4 Å². The molecule has 3 nitrogen and oxygen atoms in total. The molecule has 0 aromatic heterocycles. The van der Waals surface area contributed by atoms with Crippen LogP contribution in [-0.4, -0.2) is 23.6 Å². The molecule has 2 rings (SSSR count). The quantitative estimate of drug-likeness (QED) is 0.734. The number of carbonyl (C=O) groups excluding carboxylic acids is 1. The van der Waals surface area contributed by atoms with Crippen molar-refractivity contribution in [1.82, 2.24) is 0 Å². The Morgan fingerprint density at radius 3 is 2.55 bits per heavy atom. The van der Waals surface area contributed by atoms with Gasteiger partial charge in [0.25, 0.3) is 0 Å². The zero-order valence-corrected chi connectivity index (χ0v) is 13.4. The lowest BCUT2D eigenvalue weighted by Gasteiger charge is -2.17. The highest BCUT2D eigenvalue weighted by molar-refractivity contribution is 6.01. The monoisotopic (exact) mass is 302 g/mol. The van der Waals surface area contributed by atoms with Crippen LogP contribution in [0.1, 0.15) is 57.4 Å². The molecule has 0 aliphatic heterocycles. The first-order valence-electron chi connectivity index (χ1n) is 8.36. The molecule has 0 bridgehead atoms. The average molecular weight is 302 g/mol. The summed E-state index contributed by atoms with van der Waals surface area (Å²) in [5.41, 5.74) is 2.04. The van der Waals surface area contributed by atoms with E-state index in [2.05, 4.69) is 6.92 Å². The molecule has 0 amide bonds. The highest BCUT2D eigenvalue weighted by Crippen LogP contribution is 2.27. The number of benzene rings is 1. The van der Waals surface area contributed by atoms with Gasteiger partial charge in [-0.2, -0.15) is 0 Å². The summed E-state index contributed by atoms with van der Waals surface area (Å²) in [6.07, 6.45) is 8.17. The fourth-order valence-corrected chi connectivity index (χ4v) is 2.66. The van der Waals surface area contributed by atoms with Crippen LogP contribution < -0.4 is 4.74 Å². The zero-order valence-electron chi connectivity index (χ0n) is 13.4. The molecule has 1 aliphatic carbocycles. The second-order valence-corrected chi connectivity index (χ2v) is 5.91. The fourth-order valence-electron chi connectivity index (χ4n) is 2.66. The van der Waals surface area contributed by atoms with E-state index >= 15 is 0 Å². The van der Waals surface area contributed by atoms with Gasteiger partial charge in [-0.15, -0.1) is 0 Å². The smallest absolute Gasteiger partial charge is 0.184 e. The van der Waals surface area contributed by atoms with Crippen molar-refractivity contribution in [1.29, 1.82) is 0 Å². The van der Waals surface area contributed by atoms with E-state index in [1.807, 2.05) is 24.3 Å². The number of hydrogen-bond donors (Lipinski definition) is 1. The molecule has 22 heavy (non-hydrogen) atoms. The van der Waals surface area contributed by atoms with E-state index in [0.717, 1.165) is 36.3 Å². The average Bonchev–Trinajstić information content (AvgIpc) is 2.54. The van der Waals surface area contributed by atoms with Gasteiger partial charge in [0.1, 0.15) is 11.9 Å². The molecular weight excluding hydrogens is 276 g/mol. The third-order valence-corrected chi connectivity index (χ3v) is 4.07. The largest absolute Gasteiger partial charge is 0.494 e. The van der Waals surface area contributed by atoms with Crippen molar-refractivity contribution in [2.24, 2.45) is 0 Å². The van der Waals surface area contributed by atoms with Gasteiger partial charge in [0, 0.05) is 0 Å². The van der Waals surface area contributed by atoms with Gasteiger partial charge in [-0.1, -0.05) is 44.7 Å². The molecular formula is C19H26O3. The molecule has 0 saturated carbocycles. The summed E-state index contributed by atoms with van der Waals surface area (Å²) < 4.78 is 5.74. The van der Waals surface area contributed by atoms with Crippen molar-refractivity contribution in [3.8, 4) is 5.75 Å². The van der Waals surface area contributed by atoms with Crippen LogP contribution in [0.3, 0.4) is 0 Å². The van der Waals surface area contributed by atoms with E-state index in [9.17, 15) is 9.90 Å². The van der Waals surface area contributed by atoms with E-state index in [1.165, 1.54) is 25.7 Å². The fraction of sp³-hybridized carbons (Fsp3) is 0.526. The molecule has 1 aromatic carbocycles. The van der Waals surface area contributed by atoms with E-state index < -0.39 is 6.10 Å². The number of hydrogen-bond acceptors (Lipinski definition) is 3. The Kier molecular flexibility index (Phi) is 6.66. The van der Waals surface area contributed by atoms with Gasteiger partial charge in [0.15, 0.2) is 5.78 Å². The first kappa shape index (κ1) is 16.8. The highest BCUT2D eigenvalue weighted by Gasteiger charge is 2.20. The molecule has 120 valence electrons. The summed E-state index contributed by atoms with van der Waals surface area (Å²) in [5.74, 6) is 0.690. The standard InChI is InChI=1S/C19H26O3/c1-2-3-4-5-6-13-22-17-10-7-15(8-11-17)16-9-12-18(20)19(21)14-16/h7-8,10-11,14,18,20H,2-6,9,12-13H2,1H3. The maximum Gasteiger partial charge on any atom is 0.184 e. The summed E-state index contributed by atoms with van der Waals surface area (Å²) in [6.45, 7) is 2.98.